The third-order valence-corrected chi connectivity index (χ3v) is 1.85. The van der Waals surface area contributed by atoms with Crippen molar-refractivity contribution in [2.24, 2.45) is 0 Å². The van der Waals surface area contributed by atoms with Gasteiger partial charge in [0.05, 0.1) is 6.54 Å². The van der Waals surface area contributed by atoms with Crippen LogP contribution < -0.4 is 10.1 Å². The molecule has 13 heavy (non-hydrogen) atoms. The van der Waals surface area contributed by atoms with E-state index in [2.05, 4.69) is 5.32 Å². The molecule has 1 aliphatic rings. The number of fused-ring (bicyclic) bond motifs is 1. The first-order valence-electron chi connectivity index (χ1n) is 3.98. The highest BCUT2D eigenvalue weighted by molar-refractivity contribution is 5.97. The number of carbonyl (C=O) groups is 1. The molecule has 0 spiro atoms. The summed E-state index contributed by atoms with van der Waals surface area (Å²) in [6, 6.07) is 4.35. The fraction of sp³-hybridized carbons (Fsp3) is 0.222. The van der Waals surface area contributed by atoms with Gasteiger partial charge in [0, 0.05) is 0 Å². The van der Waals surface area contributed by atoms with Crippen molar-refractivity contribution >= 4 is 5.91 Å². The van der Waals surface area contributed by atoms with Crippen LogP contribution in [0.15, 0.2) is 18.2 Å². The van der Waals surface area contributed by atoms with Crippen molar-refractivity contribution in [1.29, 1.82) is 0 Å². The van der Waals surface area contributed by atoms with Crippen molar-refractivity contribution in [2.75, 3.05) is 13.2 Å². The molecule has 2 rings (SSSR count). The molecule has 0 atom stereocenters. The van der Waals surface area contributed by atoms with Crippen LogP contribution in [0.5, 0.6) is 5.75 Å². The molecule has 1 amide bonds. The van der Waals surface area contributed by atoms with Crippen LogP contribution >= 0.6 is 0 Å². The van der Waals surface area contributed by atoms with Crippen LogP contribution in [0.2, 0.25) is 0 Å². The largest absolute Gasteiger partial charge is 0.491 e. The number of hydrogen-bond donors (Lipinski definition) is 1. The minimum Gasteiger partial charge on any atom is -0.491 e. The lowest BCUT2D eigenvalue weighted by Crippen LogP contribution is -2.25. The Labute approximate surface area is 74.5 Å². The number of halogens is 1. The lowest BCUT2D eigenvalue weighted by atomic mass is 10.2. The van der Waals surface area contributed by atoms with E-state index in [1.165, 1.54) is 12.1 Å². The first-order chi connectivity index (χ1) is 6.29. The van der Waals surface area contributed by atoms with Gasteiger partial charge in [0.2, 0.25) is 0 Å². The zero-order chi connectivity index (χ0) is 9.26. The maximum atomic E-state index is 13.2. The molecule has 68 valence electrons. The number of carbonyl (C=O) groups excluding carboxylic acids is 1. The van der Waals surface area contributed by atoms with Crippen molar-refractivity contribution in [3.05, 3.63) is 29.6 Å². The van der Waals surface area contributed by atoms with Crippen LogP contribution in [0.4, 0.5) is 4.39 Å². The summed E-state index contributed by atoms with van der Waals surface area (Å²) in [5.41, 5.74) is 0.000000000000000222. The van der Waals surface area contributed by atoms with E-state index in [0.29, 0.717) is 18.9 Å². The predicted octanol–water partition coefficient (Wildman–Crippen LogP) is 0.948. The Morgan fingerprint density at radius 2 is 2.31 bits per heavy atom. The molecule has 0 bridgehead atoms. The molecule has 0 radical (unpaired) electrons. The van der Waals surface area contributed by atoms with Crippen molar-refractivity contribution in [2.45, 2.75) is 0 Å². The zero-order valence-electron chi connectivity index (χ0n) is 6.84. The lowest BCUT2D eigenvalue weighted by molar-refractivity contribution is 0.0953. The van der Waals surface area contributed by atoms with Gasteiger partial charge < -0.3 is 10.1 Å². The molecular formula is C9H8FNO2. The Balaban J connectivity index is 2.55. The molecule has 1 N–H and O–H groups in total. The Kier molecular flexibility index (Phi) is 1.88. The van der Waals surface area contributed by atoms with Gasteiger partial charge >= 0.3 is 0 Å². The van der Waals surface area contributed by atoms with Crippen LogP contribution in [0.3, 0.4) is 0 Å². The molecule has 0 unspecified atom stereocenters. The summed E-state index contributed by atoms with van der Waals surface area (Å²) in [6.45, 7) is 0.787. The van der Waals surface area contributed by atoms with E-state index in [1.54, 1.807) is 6.07 Å². The smallest absolute Gasteiger partial charge is 0.258 e. The maximum absolute atomic E-state index is 13.2. The van der Waals surface area contributed by atoms with E-state index < -0.39 is 11.7 Å². The molecule has 0 aliphatic carbocycles. The highest BCUT2D eigenvalue weighted by Gasteiger charge is 2.19. The summed E-state index contributed by atoms with van der Waals surface area (Å²) in [5.74, 6) is -0.641. The second kappa shape index (κ2) is 3.05. The molecule has 1 heterocycles. The quantitative estimate of drug-likeness (QED) is 0.647. The van der Waals surface area contributed by atoms with Gasteiger partial charge in [0.1, 0.15) is 23.7 Å². The van der Waals surface area contributed by atoms with Crippen LogP contribution in [0, 0.1) is 5.82 Å². The normalized spacial score (nSPS) is 15.3. The highest BCUT2D eigenvalue weighted by atomic mass is 19.1. The molecule has 1 aromatic rings. The first kappa shape index (κ1) is 8.04. The highest BCUT2D eigenvalue weighted by Crippen LogP contribution is 2.22. The summed E-state index contributed by atoms with van der Waals surface area (Å²) >= 11 is 0. The molecule has 1 aliphatic heterocycles. The van der Waals surface area contributed by atoms with E-state index >= 15 is 0 Å². The fourth-order valence-electron chi connectivity index (χ4n) is 1.26. The Bertz CT molecular complexity index is 351. The van der Waals surface area contributed by atoms with Gasteiger partial charge in [-0.15, -0.1) is 0 Å². The molecular weight excluding hydrogens is 173 g/mol. The van der Waals surface area contributed by atoms with Gasteiger partial charge in [0.15, 0.2) is 0 Å². The number of benzene rings is 1. The SMILES string of the molecule is O=C1NCCOc2cccc(F)c21. The van der Waals surface area contributed by atoms with Gasteiger partial charge in [-0.3, -0.25) is 4.79 Å². The van der Waals surface area contributed by atoms with E-state index in [0.717, 1.165) is 0 Å². The van der Waals surface area contributed by atoms with Crippen LogP contribution in [0.25, 0.3) is 0 Å². The van der Waals surface area contributed by atoms with Gasteiger partial charge in [0.25, 0.3) is 5.91 Å². The van der Waals surface area contributed by atoms with E-state index in [9.17, 15) is 9.18 Å². The topological polar surface area (TPSA) is 38.3 Å². The minimum absolute atomic E-state index is 0.000000000000000222. The van der Waals surface area contributed by atoms with Gasteiger partial charge in [-0.2, -0.15) is 0 Å². The minimum atomic E-state index is -0.545. The zero-order valence-corrected chi connectivity index (χ0v) is 6.84. The van der Waals surface area contributed by atoms with Gasteiger partial charge in [-0.25, -0.2) is 4.39 Å². The van der Waals surface area contributed by atoms with Gasteiger partial charge in [-0.1, -0.05) is 6.07 Å². The Morgan fingerprint density at radius 3 is 3.15 bits per heavy atom. The summed E-state index contributed by atoms with van der Waals surface area (Å²) < 4.78 is 18.3. The third-order valence-electron chi connectivity index (χ3n) is 1.85. The van der Waals surface area contributed by atoms with Crippen molar-refractivity contribution in [3.8, 4) is 5.75 Å². The molecule has 1 aromatic carbocycles. The van der Waals surface area contributed by atoms with Crippen LogP contribution in [0.1, 0.15) is 10.4 Å². The first-order valence-corrected chi connectivity index (χ1v) is 3.98. The summed E-state index contributed by atoms with van der Waals surface area (Å²) in [6.07, 6.45) is 0. The molecule has 0 saturated heterocycles. The fourth-order valence-corrected chi connectivity index (χ4v) is 1.26. The molecule has 4 heteroatoms. The third kappa shape index (κ3) is 1.35. The van der Waals surface area contributed by atoms with E-state index in [1.807, 2.05) is 0 Å². The Hall–Kier alpha value is -1.58. The van der Waals surface area contributed by atoms with Crippen molar-refractivity contribution < 1.29 is 13.9 Å². The number of ether oxygens (including phenoxy) is 1. The molecule has 0 saturated carbocycles. The average Bonchev–Trinajstić information content (AvgIpc) is 2.29. The summed E-state index contributed by atoms with van der Waals surface area (Å²) in [7, 11) is 0. The molecule has 0 fully saturated rings. The standard InChI is InChI=1S/C9H8FNO2/c10-6-2-1-3-7-8(6)9(12)11-4-5-13-7/h1-3H,4-5H2,(H,11,12). The lowest BCUT2D eigenvalue weighted by Gasteiger charge is -2.04. The Morgan fingerprint density at radius 1 is 1.46 bits per heavy atom. The summed E-state index contributed by atoms with van der Waals surface area (Å²) in [5, 5.41) is 2.54. The second-order valence-corrected chi connectivity index (χ2v) is 2.72. The van der Waals surface area contributed by atoms with Gasteiger partial charge in [-0.05, 0) is 12.1 Å². The number of hydrogen-bond acceptors (Lipinski definition) is 2. The summed E-state index contributed by atoms with van der Waals surface area (Å²) in [4.78, 5) is 11.3. The predicted molar refractivity (Wildman–Crippen MR) is 44.2 cm³/mol. The van der Waals surface area contributed by atoms with E-state index in [-0.39, 0.29) is 5.56 Å². The second-order valence-electron chi connectivity index (χ2n) is 2.72. The van der Waals surface area contributed by atoms with Crippen LogP contribution in [-0.2, 0) is 0 Å². The van der Waals surface area contributed by atoms with Crippen molar-refractivity contribution in [1.82, 2.24) is 5.32 Å². The monoisotopic (exact) mass is 181 g/mol. The number of amides is 1. The molecule has 3 nitrogen and oxygen atoms in total. The molecule has 0 aromatic heterocycles. The maximum Gasteiger partial charge on any atom is 0.258 e. The number of rotatable bonds is 0. The number of nitrogens with one attached hydrogen (secondary N) is 1. The van der Waals surface area contributed by atoms with E-state index in [4.69, 9.17) is 4.74 Å². The van der Waals surface area contributed by atoms with Crippen molar-refractivity contribution in [3.63, 3.8) is 0 Å². The average molecular weight is 181 g/mol. The van der Waals surface area contributed by atoms with Crippen LogP contribution in [-0.4, -0.2) is 19.1 Å².